The van der Waals surface area contributed by atoms with Crippen LogP contribution in [0.5, 0.6) is 5.75 Å². The number of rotatable bonds is 4. The summed E-state index contributed by atoms with van der Waals surface area (Å²) in [7, 11) is 2.09. The molecule has 0 radical (unpaired) electrons. The van der Waals surface area contributed by atoms with Gasteiger partial charge in [0.15, 0.2) is 0 Å². The monoisotopic (exact) mass is 335 g/mol. The van der Waals surface area contributed by atoms with Crippen LogP contribution in [0.25, 0.3) is 10.9 Å². The van der Waals surface area contributed by atoms with Gasteiger partial charge in [0, 0.05) is 24.8 Å². The Balaban J connectivity index is 1.52. The van der Waals surface area contributed by atoms with Gasteiger partial charge in [-0.2, -0.15) is 0 Å². The lowest BCUT2D eigenvalue weighted by molar-refractivity contribution is 0.0957. The van der Waals surface area contributed by atoms with Crippen molar-refractivity contribution in [3.63, 3.8) is 0 Å². The number of amides is 1. The molecule has 0 aliphatic carbocycles. The Morgan fingerprint density at radius 3 is 3.00 bits per heavy atom. The third-order valence-electron chi connectivity index (χ3n) is 4.50. The summed E-state index contributed by atoms with van der Waals surface area (Å²) < 4.78 is 5.61. The zero-order chi connectivity index (χ0) is 17.2. The number of carbonyl (C=O) groups excluding carboxylic acids is 1. The van der Waals surface area contributed by atoms with Crippen molar-refractivity contribution in [3.05, 3.63) is 65.4 Å². The quantitative estimate of drug-likeness (QED) is 0.771. The van der Waals surface area contributed by atoms with E-state index in [9.17, 15) is 4.79 Å². The van der Waals surface area contributed by atoms with Crippen molar-refractivity contribution >= 4 is 16.8 Å². The smallest absolute Gasteiger partial charge is 0.255 e. The van der Waals surface area contributed by atoms with Gasteiger partial charge in [-0.1, -0.05) is 24.3 Å². The zero-order valence-electron chi connectivity index (χ0n) is 14.2. The third-order valence-corrected chi connectivity index (χ3v) is 4.50. The molecule has 2 aromatic carbocycles. The summed E-state index contributed by atoms with van der Waals surface area (Å²) in [5, 5.41) is 4.08. The van der Waals surface area contributed by atoms with E-state index in [0.717, 1.165) is 18.7 Å². The summed E-state index contributed by atoms with van der Waals surface area (Å²) >= 11 is 0. The van der Waals surface area contributed by atoms with Gasteiger partial charge in [-0.15, -0.1) is 0 Å². The molecule has 3 aromatic rings. The number of hydrogen-bond acceptors (Lipinski definition) is 3. The van der Waals surface area contributed by atoms with E-state index in [2.05, 4.69) is 46.5 Å². The van der Waals surface area contributed by atoms with Crippen LogP contribution in [0.1, 0.15) is 21.5 Å². The molecule has 0 fully saturated rings. The van der Waals surface area contributed by atoms with Crippen LogP contribution in [0.15, 0.2) is 48.7 Å². The van der Waals surface area contributed by atoms with Gasteiger partial charge in [-0.3, -0.25) is 9.69 Å². The maximum Gasteiger partial charge on any atom is 0.255 e. The first-order valence-corrected chi connectivity index (χ1v) is 8.48. The van der Waals surface area contributed by atoms with Crippen LogP contribution in [-0.2, 0) is 13.1 Å². The van der Waals surface area contributed by atoms with Gasteiger partial charge in [-0.25, -0.2) is 0 Å². The molecule has 1 aromatic heterocycles. The second-order valence-electron chi connectivity index (χ2n) is 6.47. The van der Waals surface area contributed by atoms with Crippen LogP contribution in [0.3, 0.4) is 0 Å². The van der Waals surface area contributed by atoms with Crippen molar-refractivity contribution in [2.75, 3.05) is 20.2 Å². The number of fused-ring (bicyclic) bond motifs is 2. The van der Waals surface area contributed by atoms with Gasteiger partial charge >= 0.3 is 0 Å². The fraction of sp³-hybridized carbons (Fsp3) is 0.250. The normalized spacial score (nSPS) is 14.1. The van der Waals surface area contributed by atoms with Crippen LogP contribution < -0.4 is 10.1 Å². The number of ether oxygens (including phenoxy) is 1. The molecule has 25 heavy (non-hydrogen) atoms. The lowest BCUT2D eigenvalue weighted by Gasteiger charge is -2.18. The number of hydrogen-bond donors (Lipinski definition) is 2. The van der Waals surface area contributed by atoms with Crippen molar-refractivity contribution in [1.82, 2.24) is 15.2 Å². The standard InChI is InChI=1S/C20H21N3O2/c1-23(13-16-4-2-3-15-7-8-21-19(15)16)12-14-5-6-18-17(11-14)20(24)22-9-10-25-18/h2-8,11,21H,9-10,12-13H2,1H3,(H,22,24). The van der Waals surface area contributed by atoms with E-state index >= 15 is 0 Å². The molecule has 128 valence electrons. The van der Waals surface area contributed by atoms with Gasteiger partial charge in [-0.05, 0) is 41.8 Å². The van der Waals surface area contributed by atoms with Crippen molar-refractivity contribution in [1.29, 1.82) is 0 Å². The molecule has 0 atom stereocenters. The van der Waals surface area contributed by atoms with Crippen molar-refractivity contribution in [3.8, 4) is 5.75 Å². The van der Waals surface area contributed by atoms with E-state index in [1.54, 1.807) is 0 Å². The largest absolute Gasteiger partial charge is 0.491 e. The summed E-state index contributed by atoms with van der Waals surface area (Å²) in [5.74, 6) is 0.603. The van der Waals surface area contributed by atoms with E-state index < -0.39 is 0 Å². The summed E-state index contributed by atoms with van der Waals surface area (Å²) in [6.07, 6.45) is 1.97. The predicted molar refractivity (Wildman–Crippen MR) is 97.7 cm³/mol. The zero-order valence-corrected chi connectivity index (χ0v) is 14.2. The lowest BCUT2D eigenvalue weighted by atomic mass is 10.1. The van der Waals surface area contributed by atoms with Crippen LogP contribution in [0.4, 0.5) is 0 Å². The molecular weight excluding hydrogens is 314 g/mol. The Labute approximate surface area is 146 Å². The van der Waals surface area contributed by atoms with Crippen molar-refractivity contribution < 1.29 is 9.53 Å². The van der Waals surface area contributed by atoms with E-state index in [4.69, 9.17) is 4.74 Å². The second-order valence-corrected chi connectivity index (χ2v) is 6.47. The first kappa shape index (κ1) is 15.7. The Kier molecular flexibility index (Phi) is 4.15. The van der Waals surface area contributed by atoms with Gasteiger partial charge in [0.25, 0.3) is 5.91 Å². The van der Waals surface area contributed by atoms with E-state index in [1.165, 1.54) is 16.5 Å². The van der Waals surface area contributed by atoms with Gasteiger partial charge in [0.05, 0.1) is 12.1 Å². The highest BCUT2D eigenvalue weighted by Gasteiger charge is 2.17. The summed E-state index contributed by atoms with van der Waals surface area (Å²) in [5.41, 5.74) is 4.17. The Morgan fingerprint density at radius 2 is 2.08 bits per heavy atom. The van der Waals surface area contributed by atoms with Gasteiger partial charge < -0.3 is 15.0 Å². The van der Waals surface area contributed by atoms with Gasteiger partial charge in [0.2, 0.25) is 0 Å². The van der Waals surface area contributed by atoms with Gasteiger partial charge in [0.1, 0.15) is 12.4 Å². The lowest BCUT2D eigenvalue weighted by Crippen LogP contribution is -2.24. The molecule has 0 saturated carbocycles. The summed E-state index contributed by atoms with van der Waals surface area (Å²) in [4.78, 5) is 17.7. The molecule has 0 bridgehead atoms. The minimum absolute atomic E-state index is 0.0619. The number of aromatic nitrogens is 1. The van der Waals surface area contributed by atoms with E-state index in [0.29, 0.717) is 24.5 Å². The molecule has 5 nitrogen and oxygen atoms in total. The molecule has 1 amide bonds. The van der Waals surface area contributed by atoms with Crippen molar-refractivity contribution in [2.24, 2.45) is 0 Å². The molecule has 4 rings (SSSR count). The average molecular weight is 335 g/mol. The Hall–Kier alpha value is -2.79. The van der Waals surface area contributed by atoms with Crippen LogP contribution >= 0.6 is 0 Å². The summed E-state index contributed by atoms with van der Waals surface area (Å²) in [6.45, 7) is 2.65. The fourth-order valence-corrected chi connectivity index (χ4v) is 3.34. The number of carbonyl (C=O) groups is 1. The molecular formula is C20H21N3O2. The number of para-hydroxylation sites is 1. The molecule has 0 saturated heterocycles. The minimum Gasteiger partial charge on any atom is -0.491 e. The third kappa shape index (κ3) is 3.23. The number of nitrogens with zero attached hydrogens (tertiary/aromatic N) is 1. The molecule has 0 unspecified atom stereocenters. The average Bonchev–Trinajstić information content (AvgIpc) is 3.01. The van der Waals surface area contributed by atoms with Crippen LogP contribution in [0, 0.1) is 0 Å². The topological polar surface area (TPSA) is 57.4 Å². The molecule has 1 aliphatic rings. The fourth-order valence-electron chi connectivity index (χ4n) is 3.34. The highest BCUT2D eigenvalue weighted by atomic mass is 16.5. The molecule has 2 N–H and O–H groups in total. The minimum atomic E-state index is -0.0619. The number of H-pyrrole nitrogens is 1. The highest BCUT2D eigenvalue weighted by Crippen LogP contribution is 2.23. The molecule has 0 spiro atoms. The highest BCUT2D eigenvalue weighted by molar-refractivity contribution is 5.97. The van der Waals surface area contributed by atoms with E-state index in [-0.39, 0.29) is 5.91 Å². The Morgan fingerprint density at radius 1 is 1.16 bits per heavy atom. The van der Waals surface area contributed by atoms with Crippen LogP contribution in [-0.4, -0.2) is 36.0 Å². The number of benzene rings is 2. The van der Waals surface area contributed by atoms with E-state index in [1.807, 2.05) is 24.4 Å². The number of aromatic amines is 1. The maximum atomic E-state index is 12.1. The predicted octanol–water partition coefficient (Wildman–Crippen LogP) is 2.92. The first-order valence-electron chi connectivity index (χ1n) is 8.48. The number of nitrogens with one attached hydrogen (secondary N) is 2. The Bertz CT molecular complexity index is 916. The molecule has 1 aliphatic heterocycles. The first-order chi connectivity index (χ1) is 12.2. The van der Waals surface area contributed by atoms with Crippen LogP contribution in [0.2, 0.25) is 0 Å². The van der Waals surface area contributed by atoms with Crippen molar-refractivity contribution in [2.45, 2.75) is 13.1 Å². The molecule has 5 heteroatoms. The summed E-state index contributed by atoms with van der Waals surface area (Å²) in [6, 6.07) is 14.3. The molecule has 2 heterocycles. The maximum absolute atomic E-state index is 12.1. The SMILES string of the molecule is CN(Cc1ccc2c(c1)C(=O)NCCO2)Cc1cccc2cc[nH]c12. The second kappa shape index (κ2) is 6.61.